The summed E-state index contributed by atoms with van der Waals surface area (Å²) in [5.41, 5.74) is -1.12. The molecule has 2 aromatic rings. The zero-order valence-corrected chi connectivity index (χ0v) is 14.7. The van der Waals surface area contributed by atoms with E-state index in [0.717, 1.165) is 30.6 Å². The summed E-state index contributed by atoms with van der Waals surface area (Å²) in [4.78, 5) is 22.7. The van der Waals surface area contributed by atoms with Crippen molar-refractivity contribution in [1.82, 2.24) is 14.9 Å². The van der Waals surface area contributed by atoms with Crippen LogP contribution in [0.4, 0.5) is 13.2 Å². The molecule has 0 N–H and O–H groups in total. The number of fused-ring (bicyclic) bond motifs is 2. The molecule has 25 heavy (non-hydrogen) atoms. The van der Waals surface area contributed by atoms with Crippen LogP contribution in [-0.2, 0) is 11.7 Å². The number of alkyl halides is 3. The minimum atomic E-state index is -4.60. The van der Waals surface area contributed by atoms with Crippen molar-refractivity contribution in [3.05, 3.63) is 33.6 Å². The monoisotopic (exact) mass is 387 g/mol. The Bertz CT molecular complexity index is 874. The van der Waals surface area contributed by atoms with Gasteiger partial charge in [-0.3, -0.25) is 4.79 Å². The van der Waals surface area contributed by atoms with E-state index in [2.05, 4.69) is 9.97 Å². The van der Waals surface area contributed by atoms with Gasteiger partial charge in [0.1, 0.15) is 5.56 Å². The molecule has 0 unspecified atom stereocenters. The molecule has 4 rings (SSSR count). The highest BCUT2D eigenvalue weighted by molar-refractivity contribution is 7.16. The topological polar surface area (TPSA) is 46.1 Å². The number of hydrogen-bond donors (Lipinski definition) is 0. The summed E-state index contributed by atoms with van der Waals surface area (Å²) >= 11 is 6.93. The molecule has 132 valence electrons. The maximum Gasteiger partial charge on any atom is 0.420 e. The van der Waals surface area contributed by atoms with E-state index in [1.807, 2.05) is 0 Å². The molecule has 0 radical (unpaired) electrons. The number of carbonyl (C=O) groups is 1. The van der Waals surface area contributed by atoms with Crippen molar-refractivity contribution >= 4 is 28.8 Å². The fourth-order valence-electron chi connectivity index (χ4n) is 3.82. The van der Waals surface area contributed by atoms with Crippen LogP contribution in [0.1, 0.15) is 46.5 Å². The summed E-state index contributed by atoms with van der Waals surface area (Å²) in [5, 5.41) is -0.254. The Morgan fingerprint density at radius 1 is 1.32 bits per heavy atom. The number of thiophene rings is 1. The first-order chi connectivity index (χ1) is 11.7. The van der Waals surface area contributed by atoms with Crippen molar-refractivity contribution in [2.75, 3.05) is 7.05 Å². The van der Waals surface area contributed by atoms with Crippen LogP contribution < -0.4 is 0 Å². The fourth-order valence-corrected chi connectivity index (χ4v) is 5.39. The van der Waals surface area contributed by atoms with E-state index in [-0.39, 0.29) is 22.4 Å². The summed E-state index contributed by atoms with van der Waals surface area (Å²) in [5.74, 6) is -0.145. The summed E-state index contributed by atoms with van der Waals surface area (Å²) in [6.07, 6.45) is -0.248. The van der Waals surface area contributed by atoms with Gasteiger partial charge >= 0.3 is 6.18 Å². The lowest BCUT2D eigenvalue weighted by Gasteiger charge is -2.32. The van der Waals surface area contributed by atoms with Crippen LogP contribution in [0, 0.1) is 0 Å². The predicted molar refractivity (Wildman–Crippen MR) is 87.6 cm³/mol. The standard InChI is InChI=1S/C16H13ClF3N3OS/c1-23-13(24)8-6-10(25-12(8)15(23)4-2-3-5-15)11-9(16(18,19)20)7-21-14(17)22-11/h6-7H,2-5H2,1H3. The molecule has 2 aliphatic rings. The zero-order chi connectivity index (χ0) is 18.0. The van der Waals surface area contributed by atoms with Gasteiger partial charge in [0.2, 0.25) is 5.28 Å². The maximum absolute atomic E-state index is 13.3. The maximum atomic E-state index is 13.3. The highest BCUT2D eigenvalue weighted by Crippen LogP contribution is 2.54. The van der Waals surface area contributed by atoms with Gasteiger partial charge in [0, 0.05) is 18.1 Å². The molecule has 1 aliphatic heterocycles. The predicted octanol–water partition coefficient (Wildman–Crippen LogP) is 4.73. The van der Waals surface area contributed by atoms with Crippen molar-refractivity contribution in [3.8, 4) is 10.6 Å². The van der Waals surface area contributed by atoms with Gasteiger partial charge in [0.25, 0.3) is 5.91 Å². The van der Waals surface area contributed by atoms with Crippen molar-refractivity contribution in [3.63, 3.8) is 0 Å². The van der Waals surface area contributed by atoms with E-state index in [9.17, 15) is 18.0 Å². The summed E-state index contributed by atoms with van der Waals surface area (Å²) in [6.45, 7) is 0. The molecule has 1 amide bonds. The molecule has 0 saturated heterocycles. The first-order valence-corrected chi connectivity index (χ1v) is 8.96. The Labute approximate surface area is 150 Å². The van der Waals surface area contributed by atoms with E-state index in [4.69, 9.17) is 11.6 Å². The average Bonchev–Trinajstić information content (AvgIpc) is 3.23. The largest absolute Gasteiger partial charge is 0.420 e. The number of aromatic nitrogens is 2. The lowest BCUT2D eigenvalue weighted by Crippen LogP contribution is -2.38. The number of carbonyl (C=O) groups excluding carboxylic acids is 1. The van der Waals surface area contributed by atoms with E-state index >= 15 is 0 Å². The smallest absolute Gasteiger partial charge is 0.331 e. The van der Waals surface area contributed by atoms with Crippen LogP contribution in [0.5, 0.6) is 0 Å². The highest BCUT2D eigenvalue weighted by atomic mass is 35.5. The molecular formula is C16H13ClF3N3OS. The lowest BCUT2D eigenvalue weighted by atomic mass is 9.96. The molecule has 0 aromatic carbocycles. The van der Waals surface area contributed by atoms with Crippen LogP contribution in [0.25, 0.3) is 10.6 Å². The molecule has 1 spiro atoms. The SMILES string of the molecule is CN1C(=O)c2cc(-c3nc(Cl)ncc3C(F)(F)F)sc2C12CCCC2. The van der Waals surface area contributed by atoms with Gasteiger partial charge in [-0.05, 0) is 30.5 Å². The minimum absolute atomic E-state index is 0.145. The molecule has 0 bridgehead atoms. The molecular weight excluding hydrogens is 375 g/mol. The Morgan fingerprint density at radius 3 is 2.64 bits per heavy atom. The number of amides is 1. The second kappa shape index (κ2) is 5.41. The average molecular weight is 388 g/mol. The van der Waals surface area contributed by atoms with Crippen molar-refractivity contribution in [2.24, 2.45) is 0 Å². The minimum Gasteiger partial charge on any atom is -0.331 e. The Hall–Kier alpha value is -1.67. The van der Waals surface area contributed by atoms with Gasteiger partial charge in [0.15, 0.2) is 0 Å². The number of rotatable bonds is 1. The van der Waals surface area contributed by atoms with Crippen LogP contribution in [0.15, 0.2) is 12.3 Å². The molecule has 1 saturated carbocycles. The molecule has 2 aromatic heterocycles. The van der Waals surface area contributed by atoms with Crippen LogP contribution in [0.3, 0.4) is 0 Å². The van der Waals surface area contributed by atoms with Gasteiger partial charge in [-0.15, -0.1) is 11.3 Å². The third-order valence-electron chi connectivity index (χ3n) is 5.06. The molecule has 3 heterocycles. The van der Waals surface area contributed by atoms with Crippen molar-refractivity contribution in [2.45, 2.75) is 37.4 Å². The highest BCUT2D eigenvalue weighted by Gasteiger charge is 2.51. The molecule has 0 atom stereocenters. The quantitative estimate of drug-likeness (QED) is 0.664. The molecule has 1 aliphatic carbocycles. The number of nitrogens with zero attached hydrogens (tertiary/aromatic N) is 3. The molecule has 9 heteroatoms. The molecule has 4 nitrogen and oxygen atoms in total. The second-order valence-corrected chi connectivity index (χ2v) is 7.75. The first-order valence-electron chi connectivity index (χ1n) is 7.76. The van der Waals surface area contributed by atoms with Gasteiger partial charge in [0.05, 0.1) is 21.7 Å². The Balaban J connectivity index is 1.89. The second-order valence-electron chi connectivity index (χ2n) is 6.36. The van der Waals surface area contributed by atoms with Crippen molar-refractivity contribution < 1.29 is 18.0 Å². The van der Waals surface area contributed by atoms with Crippen LogP contribution in [0.2, 0.25) is 5.28 Å². The molecule has 1 fully saturated rings. The van der Waals surface area contributed by atoms with Gasteiger partial charge < -0.3 is 4.90 Å². The van der Waals surface area contributed by atoms with E-state index < -0.39 is 11.7 Å². The zero-order valence-electron chi connectivity index (χ0n) is 13.2. The summed E-state index contributed by atoms with van der Waals surface area (Å²) in [6, 6.07) is 1.51. The fraction of sp³-hybridized carbons (Fsp3) is 0.438. The van der Waals surface area contributed by atoms with Gasteiger partial charge in [-0.1, -0.05) is 12.8 Å². The normalized spacial score (nSPS) is 19.1. The summed E-state index contributed by atoms with van der Waals surface area (Å²) < 4.78 is 39.9. The third-order valence-corrected chi connectivity index (χ3v) is 6.58. The van der Waals surface area contributed by atoms with Crippen molar-refractivity contribution in [1.29, 1.82) is 0 Å². The summed E-state index contributed by atoms with van der Waals surface area (Å²) in [7, 11) is 1.77. The van der Waals surface area contributed by atoms with Gasteiger partial charge in [-0.25, -0.2) is 9.97 Å². The first kappa shape index (κ1) is 16.8. The Morgan fingerprint density at radius 2 is 2.00 bits per heavy atom. The van der Waals surface area contributed by atoms with E-state index in [1.54, 1.807) is 11.9 Å². The van der Waals surface area contributed by atoms with Crippen LogP contribution >= 0.6 is 22.9 Å². The Kier molecular flexibility index (Phi) is 3.63. The number of hydrogen-bond acceptors (Lipinski definition) is 4. The van der Waals surface area contributed by atoms with E-state index in [1.165, 1.54) is 17.4 Å². The van der Waals surface area contributed by atoms with E-state index in [0.29, 0.717) is 16.6 Å². The van der Waals surface area contributed by atoms with Gasteiger partial charge in [-0.2, -0.15) is 13.2 Å². The lowest BCUT2D eigenvalue weighted by molar-refractivity contribution is -0.137. The third kappa shape index (κ3) is 2.38. The number of halogens is 4. The van der Waals surface area contributed by atoms with Crippen LogP contribution in [-0.4, -0.2) is 27.8 Å².